The zero-order chi connectivity index (χ0) is 21.2. The predicted molar refractivity (Wildman–Crippen MR) is 107 cm³/mol. The molecular weight excluding hydrogens is 378 g/mol. The van der Waals surface area contributed by atoms with Gasteiger partial charge in [0, 0.05) is 6.54 Å². The molecule has 2 aromatic rings. The third kappa shape index (κ3) is 6.13. The molecule has 2 rings (SSSR count). The van der Waals surface area contributed by atoms with Gasteiger partial charge in [-0.2, -0.15) is 5.10 Å². The van der Waals surface area contributed by atoms with Gasteiger partial charge in [0.2, 0.25) is 0 Å². The number of hydrazone groups is 1. The summed E-state index contributed by atoms with van der Waals surface area (Å²) in [6.07, 6.45) is 1.84. The smallest absolute Gasteiger partial charge is 0.329 e. The first-order valence-corrected chi connectivity index (χ1v) is 8.67. The van der Waals surface area contributed by atoms with E-state index < -0.39 is 11.8 Å². The number of phenolic OH excluding ortho intramolecular Hbond substituents is 1. The summed E-state index contributed by atoms with van der Waals surface area (Å²) in [5, 5.41) is 15.8. The predicted octanol–water partition coefficient (Wildman–Crippen LogP) is 1.23. The molecule has 2 amide bonds. The summed E-state index contributed by atoms with van der Waals surface area (Å²) in [4.78, 5) is 23.6. The fourth-order valence-electron chi connectivity index (χ4n) is 2.43. The minimum atomic E-state index is -0.890. The van der Waals surface area contributed by atoms with Crippen LogP contribution in [0.1, 0.15) is 11.1 Å². The lowest BCUT2D eigenvalue weighted by Crippen LogP contribution is -2.38. The molecule has 9 heteroatoms. The van der Waals surface area contributed by atoms with E-state index in [0.717, 1.165) is 5.56 Å². The quantitative estimate of drug-likeness (QED) is 0.348. The number of nitrogens with zero attached hydrogens (tertiary/aromatic N) is 1. The topological polar surface area (TPSA) is 118 Å². The highest BCUT2D eigenvalue weighted by atomic mass is 16.5. The molecular formula is C20H23N3O6. The maximum atomic E-state index is 11.8. The lowest BCUT2D eigenvalue weighted by molar-refractivity contribution is -0.139. The van der Waals surface area contributed by atoms with Gasteiger partial charge in [-0.25, -0.2) is 5.43 Å². The number of benzene rings is 2. The van der Waals surface area contributed by atoms with E-state index in [0.29, 0.717) is 23.5 Å². The number of phenols is 1. The molecule has 29 heavy (non-hydrogen) atoms. The number of amides is 2. The second-order valence-electron chi connectivity index (χ2n) is 5.83. The van der Waals surface area contributed by atoms with Gasteiger partial charge in [0.25, 0.3) is 0 Å². The highest BCUT2D eigenvalue weighted by molar-refractivity contribution is 6.35. The molecule has 0 saturated heterocycles. The van der Waals surface area contributed by atoms with Gasteiger partial charge in [-0.15, -0.1) is 0 Å². The molecule has 2 aromatic carbocycles. The van der Waals surface area contributed by atoms with Crippen LogP contribution < -0.4 is 25.0 Å². The van der Waals surface area contributed by atoms with Crippen LogP contribution in [0, 0.1) is 0 Å². The van der Waals surface area contributed by atoms with Crippen molar-refractivity contribution in [2.45, 2.75) is 6.42 Å². The van der Waals surface area contributed by atoms with Crippen molar-refractivity contribution in [2.75, 3.05) is 27.9 Å². The van der Waals surface area contributed by atoms with Gasteiger partial charge in [-0.1, -0.05) is 6.07 Å². The van der Waals surface area contributed by atoms with E-state index in [1.165, 1.54) is 25.5 Å². The summed E-state index contributed by atoms with van der Waals surface area (Å²) >= 11 is 0. The summed E-state index contributed by atoms with van der Waals surface area (Å²) in [5.74, 6) is -0.223. The van der Waals surface area contributed by atoms with Crippen LogP contribution in [0.15, 0.2) is 41.5 Å². The Morgan fingerprint density at radius 1 is 0.966 bits per heavy atom. The number of rotatable bonds is 8. The number of carbonyl (C=O) groups is 2. The Morgan fingerprint density at radius 2 is 1.69 bits per heavy atom. The summed E-state index contributed by atoms with van der Waals surface area (Å²) < 4.78 is 15.4. The van der Waals surface area contributed by atoms with E-state index in [9.17, 15) is 14.7 Å². The first-order valence-electron chi connectivity index (χ1n) is 8.67. The van der Waals surface area contributed by atoms with Crippen LogP contribution >= 0.6 is 0 Å². The van der Waals surface area contributed by atoms with Crippen LogP contribution in [0.5, 0.6) is 23.0 Å². The molecule has 9 nitrogen and oxygen atoms in total. The lowest BCUT2D eigenvalue weighted by Gasteiger charge is -2.10. The van der Waals surface area contributed by atoms with Crippen molar-refractivity contribution in [2.24, 2.45) is 5.10 Å². The molecule has 0 unspecified atom stereocenters. The number of ether oxygens (including phenoxy) is 3. The van der Waals surface area contributed by atoms with Crippen molar-refractivity contribution in [1.29, 1.82) is 0 Å². The molecule has 0 bridgehead atoms. The van der Waals surface area contributed by atoms with E-state index in [1.54, 1.807) is 32.4 Å². The fourth-order valence-corrected chi connectivity index (χ4v) is 2.43. The third-order valence-corrected chi connectivity index (χ3v) is 3.94. The van der Waals surface area contributed by atoms with Gasteiger partial charge in [0.15, 0.2) is 23.0 Å². The Morgan fingerprint density at radius 3 is 2.38 bits per heavy atom. The Labute approximate surface area is 168 Å². The first-order chi connectivity index (χ1) is 14.0. The largest absolute Gasteiger partial charge is 0.504 e. The second-order valence-corrected chi connectivity index (χ2v) is 5.83. The van der Waals surface area contributed by atoms with Crippen LogP contribution in [0.4, 0.5) is 0 Å². The molecule has 0 aliphatic heterocycles. The van der Waals surface area contributed by atoms with Crippen molar-refractivity contribution in [3.8, 4) is 23.0 Å². The molecule has 0 aliphatic carbocycles. The highest BCUT2D eigenvalue weighted by Gasteiger charge is 2.12. The summed E-state index contributed by atoms with van der Waals surface area (Å²) in [7, 11) is 4.52. The number of hydrogen-bond donors (Lipinski definition) is 3. The van der Waals surface area contributed by atoms with Crippen LogP contribution in [0.25, 0.3) is 0 Å². The number of hydrogen-bond acceptors (Lipinski definition) is 7. The maximum Gasteiger partial charge on any atom is 0.329 e. The monoisotopic (exact) mass is 401 g/mol. The molecule has 0 fully saturated rings. The van der Waals surface area contributed by atoms with E-state index in [2.05, 4.69) is 15.8 Å². The third-order valence-electron chi connectivity index (χ3n) is 3.94. The molecule has 154 valence electrons. The van der Waals surface area contributed by atoms with E-state index >= 15 is 0 Å². The zero-order valence-electron chi connectivity index (χ0n) is 16.4. The second kappa shape index (κ2) is 10.5. The fraction of sp³-hybridized carbons (Fsp3) is 0.250. The van der Waals surface area contributed by atoms with Crippen molar-refractivity contribution in [3.05, 3.63) is 47.5 Å². The van der Waals surface area contributed by atoms with Gasteiger partial charge in [-0.3, -0.25) is 9.59 Å². The summed E-state index contributed by atoms with van der Waals surface area (Å²) in [6.45, 7) is 0.264. The average Bonchev–Trinajstić information content (AvgIpc) is 2.74. The first kappa shape index (κ1) is 21.5. The van der Waals surface area contributed by atoms with Crippen LogP contribution in [-0.2, 0) is 16.0 Å². The van der Waals surface area contributed by atoms with Crippen molar-refractivity contribution < 1.29 is 28.9 Å². The normalized spacial score (nSPS) is 10.4. The Balaban J connectivity index is 1.81. The van der Waals surface area contributed by atoms with Crippen molar-refractivity contribution in [1.82, 2.24) is 10.7 Å². The molecule has 0 aliphatic rings. The number of aromatic hydroxyl groups is 1. The molecule has 0 saturated carbocycles. The number of nitrogens with one attached hydrogen (secondary N) is 2. The molecule has 0 aromatic heterocycles. The summed E-state index contributed by atoms with van der Waals surface area (Å²) in [6, 6.07) is 9.98. The highest BCUT2D eigenvalue weighted by Crippen LogP contribution is 2.27. The SMILES string of the molecule is COc1cc(/C=N\NC(=O)C(=O)NCCc2ccc(OC)c(OC)c2)ccc1O. The van der Waals surface area contributed by atoms with Crippen LogP contribution in [0.2, 0.25) is 0 Å². The molecule has 0 spiro atoms. The van der Waals surface area contributed by atoms with Crippen molar-refractivity contribution >= 4 is 18.0 Å². The van der Waals surface area contributed by atoms with E-state index in [-0.39, 0.29) is 18.0 Å². The summed E-state index contributed by atoms with van der Waals surface area (Å²) in [5.41, 5.74) is 3.64. The standard InChI is InChI=1S/C20H23N3O6/c1-27-16-7-5-13(10-18(16)29-3)8-9-21-19(25)20(26)23-22-12-14-4-6-15(24)17(11-14)28-2/h4-7,10-12,24H,8-9H2,1-3H3,(H,21,25)(H,23,26)/b22-12-. The molecule has 3 N–H and O–H groups in total. The zero-order valence-corrected chi connectivity index (χ0v) is 16.4. The Bertz CT molecular complexity index is 898. The van der Waals surface area contributed by atoms with Crippen molar-refractivity contribution in [3.63, 3.8) is 0 Å². The van der Waals surface area contributed by atoms with E-state index in [4.69, 9.17) is 14.2 Å². The molecule has 0 heterocycles. The molecule has 0 atom stereocenters. The van der Waals surface area contributed by atoms with Crippen LogP contribution in [0.3, 0.4) is 0 Å². The van der Waals surface area contributed by atoms with Gasteiger partial charge in [-0.05, 0) is 47.9 Å². The van der Waals surface area contributed by atoms with Gasteiger partial charge in [0.1, 0.15) is 0 Å². The van der Waals surface area contributed by atoms with Gasteiger partial charge >= 0.3 is 11.8 Å². The lowest BCUT2D eigenvalue weighted by atomic mass is 10.1. The number of methoxy groups -OCH3 is 3. The minimum absolute atomic E-state index is 0.0115. The minimum Gasteiger partial charge on any atom is -0.504 e. The Hall–Kier alpha value is -3.75. The number of carbonyl (C=O) groups excluding carboxylic acids is 2. The van der Waals surface area contributed by atoms with E-state index in [1.807, 2.05) is 6.07 Å². The van der Waals surface area contributed by atoms with Gasteiger partial charge in [0.05, 0.1) is 27.5 Å². The van der Waals surface area contributed by atoms with Gasteiger partial charge < -0.3 is 24.6 Å². The average molecular weight is 401 g/mol. The Kier molecular flexibility index (Phi) is 7.84. The van der Waals surface area contributed by atoms with Crippen LogP contribution in [-0.4, -0.2) is 51.0 Å². The maximum absolute atomic E-state index is 11.8. The molecule has 0 radical (unpaired) electrons.